The van der Waals surface area contributed by atoms with Gasteiger partial charge in [-0.1, -0.05) is 6.07 Å². The Kier molecular flexibility index (Phi) is 4.32. The lowest BCUT2D eigenvalue weighted by Gasteiger charge is -2.25. The molecular formula is C15H24N2O2. The van der Waals surface area contributed by atoms with E-state index < -0.39 is 0 Å². The molecule has 0 radical (unpaired) electrons. The van der Waals surface area contributed by atoms with Crippen molar-refractivity contribution in [3.8, 4) is 11.5 Å². The van der Waals surface area contributed by atoms with Gasteiger partial charge in [0.1, 0.15) is 0 Å². The van der Waals surface area contributed by atoms with Gasteiger partial charge in [-0.2, -0.15) is 0 Å². The van der Waals surface area contributed by atoms with Gasteiger partial charge in [0.2, 0.25) is 0 Å². The first-order valence-electron chi connectivity index (χ1n) is 6.89. The van der Waals surface area contributed by atoms with Crippen LogP contribution in [0.2, 0.25) is 0 Å². The van der Waals surface area contributed by atoms with E-state index in [4.69, 9.17) is 10.5 Å². The highest BCUT2D eigenvalue weighted by molar-refractivity contribution is 5.42. The van der Waals surface area contributed by atoms with E-state index in [1.807, 2.05) is 12.1 Å². The SMILES string of the molecule is COc1cc(C(C)N2CCC(C(C)N)C2)ccc1O. The molecule has 1 aromatic rings. The zero-order valence-electron chi connectivity index (χ0n) is 12.0. The van der Waals surface area contributed by atoms with Crippen molar-refractivity contribution < 1.29 is 9.84 Å². The normalized spacial score (nSPS) is 23.3. The third-order valence-electron chi connectivity index (χ3n) is 4.23. The number of nitrogens with zero attached hydrogens (tertiary/aromatic N) is 1. The van der Waals surface area contributed by atoms with Crippen LogP contribution in [-0.4, -0.2) is 36.2 Å². The van der Waals surface area contributed by atoms with E-state index in [2.05, 4.69) is 18.7 Å². The summed E-state index contributed by atoms with van der Waals surface area (Å²) >= 11 is 0. The number of benzene rings is 1. The van der Waals surface area contributed by atoms with Crippen LogP contribution in [0, 0.1) is 5.92 Å². The molecule has 1 heterocycles. The number of rotatable bonds is 4. The van der Waals surface area contributed by atoms with Gasteiger partial charge in [0.15, 0.2) is 11.5 Å². The molecule has 1 fully saturated rings. The molecule has 2 rings (SSSR count). The predicted octanol–water partition coefficient (Wildman–Crippen LogP) is 2.13. The fourth-order valence-corrected chi connectivity index (χ4v) is 2.76. The quantitative estimate of drug-likeness (QED) is 0.874. The standard InChI is InChI=1S/C15H24N2O2/c1-10(16)13-6-7-17(9-13)11(2)12-4-5-14(18)15(8-12)19-3/h4-5,8,10-11,13,18H,6-7,9,16H2,1-3H3. The highest BCUT2D eigenvalue weighted by Crippen LogP contribution is 2.33. The van der Waals surface area contributed by atoms with Crippen molar-refractivity contribution >= 4 is 0 Å². The van der Waals surface area contributed by atoms with Gasteiger partial charge in [-0.3, -0.25) is 4.90 Å². The van der Waals surface area contributed by atoms with Crippen LogP contribution >= 0.6 is 0 Å². The molecule has 106 valence electrons. The minimum absolute atomic E-state index is 0.188. The second kappa shape index (κ2) is 5.80. The highest BCUT2D eigenvalue weighted by atomic mass is 16.5. The molecule has 0 amide bonds. The Bertz CT molecular complexity index is 434. The van der Waals surface area contributed by atoms with E-state index >= 15 is 0 Å². The molecule has 1 aliphatic rings. The highest BCUT2D eigenvalue weighted by Gasteiger charge is 2.28. The molecule has 0 bridgehead atoms. The molecule has 3 N–H and O–H groups in total. The van der Waals surface area contributed by atoms with Crippen molar-refractivity contribution in [1.29, 1.82) is 0 Å². The van der Waals surface area contributed by atoms with Gasteiger partial charge in [-0.25, -0.2) is 0 Å². The van der Waals surface area contributed by atoms with Crippen molar-refractivity contribution in [2.75, 3.05) is 20.2 Å². The molecule has 3 unspecified atom stereocenters. The maximum absolute atomic E-state index is 9.64. The molecule has 1 aliphatic heterocycles. The number of methoxy groups -OCH3 is 1. The fraction of sp³-hybridized carbons (Fsp3) is 0.600. The minimum atomic E-state index is 0.188. The van der Waals surface area contributed by atoms with Crippen LogP contribution in [0.4, 0.5) is 0 Å². The number of hydrogen-bond donors (Lipinski definition) is 2. The van der Waals surface area contributed by atoms with Crippen LogP contribution in [0.25, 0.3) is 0 Å². The second-order valence-electron chi connectivity index (χ2n) is 5.51. The van der Waals surface area contributed by atoms with E-state index in [1.165, 1.54) is 5.56 Å². The second-order valence-corrected chi connectivity index (χ2v) is 5.51. The molecule has 0 aromatic heterocycles. The smallest absolute Gasteiger partial charge is 0.160 e. The molecule has 3 atom stereocenters. The number of phenolic OH excluding ortho intramolecular Hbond substituents is 1. The van der Waals surface area contributed by atoms with Gasteiger partial charge in [0.05, 0.1) is 7.11 Å². The summed E-state index contributed by atoms with van der Waals surface area (Å²) < 4.78 is 5.17. The van der Waals surface area contributed by atoms with Crippen molar-refractivity contribution in [3.05, 3.63) is 23.8 Å². The Balaban J connectivity index is 2.10. The number of phenols is 1. The number of nitrogens with two attached hydrogens (primary N) is 1. The summed E-state index contributed by atoms with van der Waals surface area (Å²) in [6, 6.07) is 6.15. The number of likely N-dealkylation sites (tertiary alicyclic amines) is 1. The topological polar surface area (TPSA) is 58.7 Å². The van der Waals surface area contributed by atoms with Crippen LogP contribution in [0.15, 0.2) is 18.2 Å². The van der Waals surface area contributed by atoms with Crippen LogP contribution in [0.1, 0.15) is 31.9 Å². The van der Waals surface area contributed by atoms with Gasteiger partial charge in [-0.15, -0.1) is 0 Å². The average Bonchev–Trinajstić information content (AvgIpc) is 2.88. The van der Waals surface area contributed by atoms with Crippen LogP contribution < -0.4 is 10.5 Å². The van der Waals surface area contributed by atoms with E-state index in [1.54, 1.807) is 13.2 Å². The maximum atomic E-state index is 9.64. The largest absolute Gasteiger partial charge is 0.504 e. The van der Waals surface area contributed by atoms with E-state index in [0.717, 1.165) is 19.5 Å². The van der Waals surface area contributed by atoms with Crippen LogP contribution in [0.5, 0.6) is 11.5 Å². The lowest BCUT2D eigenvalue weighted by molar-refractivity contribution is 0.247. The number of ether oxygens (including phenoxy) is 1. The first kappa shape index (κ1) is 14.2. The Morgan fingerprint density at radius 1 is 1.42 bits per heavy atom. The molecule has 0 saturated carbocycles. The summed E-state index contributed by atoms with van der Waals surface area (Å²) in [4.78, 5) is 2.44. The van der Waals surface area contributed by atoms with Crippen molar-refractivity contribution in [1.82, 2.24) is 4.90 Å². The van der Waals surface area contributed by atoms with E-state index in [9.17, 15) is 5.11 Å². The minimum Gasteiger partial charge on any atom is -0.504 e. The van der Waals surface area contributed by atoms with Crippen LogP contribution in [0.3, 0.4) is 0 Å². The molecule has 19 heavy (non-hydrogen) atoms. The molecule has 1 saturated heterocycles. The summed E-state index contributed by atoms with van der Waals surface area (Å²) in [6.07, 6.45) is 1.16. The van der Waals surface area contributed by atoms with E-state index in [-0.39, 0.29) is 11.8 Å². The molecule has 4 heteroatoms. The fourth-order valence-electron chi connectivity index (χ4n) is 2.76. The molecule has 4 nitrogen and oxygen atoms in total. The summed E-state index contributed by atoms with van der Waals surface area (Å²) in [7, 11) is 1.57. The third kappa shape index (κ3) is 3.01. The first-order valence-corrected chi connectivity index (χ1v) is 6.89. The van der Waals surface area contributed by atoms with Gasteiger partial charge in [0, 0.05) is 18.6 Å². The monoisotopic (exact) mass is 264 g/mol. The Hall–Kier alpha value is -1.26. The molecule has 0 aliphatic carbocycles. The van der Waals surface area contributed by atoms with Gasteiger partial charge < -0.3 is 15.6 Å². The Morgan fingerprint density at radius 2 is 2.16 bits per heavy atom. The lowest BCUT2D eigenvalue weighted by atomic mass is 10.0. The first-order chi connectivity index (χ1) is 9.02. The zero-order chi connectivity index (χ0) is 14.0. The lowest BCUT2D eigenvalue weighted by Crippen LogP contribution is -2.30. The van der Waals surface area contributed by atoms with Crippen molar-refractivity contribution in [2.45, 2.75) is 32.4 Å². The van der Waals surface area contributed by atoms with Crippen molar-refractivity contribution in [3.63, 3.8) is 0 Å². The molecule has 0 spiro atoms. The molecular weight excluding hydrogens is 240 g/mol. The van der Waals surface area contributed by atoms with Gasteiger partial charge in [0.25, 0.3) is 0 Å². The number of hydrogen-bond acceptors (Lipinski definition) is 4. The van der Waals surface area contributed by atoms with Gasteiger partial charge >= 0.3 is 0 Å². The van der Waals surface area contributed by atoms with E-state index in [0.29, 0.717) is 17.7 Å². The van der Waals surface area contributed by atoms with Gasteiger partial charge in [-0.05, 0) is 50.4 Å². The summed E-state index contributed by atoms with van der Waals surface area (Å²) in [5, 5.41) is 9.64. The Labute approximate surface area is 115 Å². The third-order valence-corrected chi connectivity index (χ3v) is 4.23. The average molecular weight is 264 g/mol. The summed E-state index contributed by atoms with van der Waals surface area (Å²) in [5.74, 6) is 1.31. The summed E-state index contributed by atoms with van der Waals surface area (Å²) in [6.45, 7) is 6.40. The zero-order valence-corrected chi connectivity index (χ0v) is 12.0. The van der Waals surface area contributed by atoms with Crippen LogP contribution in [-0.2, 0) is 0 Å². The maximum Gasteiger partial charge on any atom is 0.160 e. The molecule has 1 aromatic carbocycles. The predicted molar refractivity (Wildman–Crippen MR) is 76.4 cm³/mol. The summed E-state index contributed by atoms with van der Waals surface area (Å²) in [5.41, 5.74) is 7.15. The number of aromatic hydroxyl groups is 1. The van der Waals surface area contributed by atoms with Crippen molar-refractivity contribution in [2.24, 2.45) is 11.7 Å². The Morgan fingerprint density at radius 3 is 2.74 bits per heavy atom.